The summed E-state index contributed by atoms with van der Waals surface area (Å²) in [4.78, 5) is 26.7. The van der Waals surface area contributed by atoms with E-state index >= 15 is 0 Å². The maximum atomic E-state index is 12.5. The molecule has 7 heteroatoms. The second-order valence-electron chi connectivity index (χ2n) is 7.15. The van der Waals surface area contributed by atoms with Crippen LogP contribution < -0.4 is 15.6 Å². The first-order chi connectivity index (χ1) is 14.1. The van der Waals surface area contributed by atoms with E-state index < -0.39 is 0 Å². The third-order valence-electron chi connectivity index (χ3n) is 5.17. The van der Waals surface area contributed by atoms with Crippen LogP contribution in [0.5, 0.6) is 0 Å². The van der Waals surface area contributed by atoms with Crippen LogP contribution in [0, 0.1) is 6.92 Å². The molecule has 1 fully saturated rings. The number of aryl methyl sites for hydroxylation is 2. The van der Waals surface area contributed by atoms with Crippen molar-refractivity contribution >= 4 is 28.2 Å². The number of fused-ring (bicyclic) bond motifs is 1. The van der Waals surface area contributed by atoms with Crippen molar-refractivity contribution in [2.75, 3.05) is 36.5 Å². The molecule has 1 aliphatic rings. The van der Waals surface area contributed by atoms with Crippen LogP contribution in [0.3, 0.4) is 0 Å². The van der Waals surface area contributed by atoms with E-state index in [2.05, 4.69) is 21.4 Å². The van der Waals surface area contributed by atoms with E-state index in [0.29, 0.717) is 11.9 Å². The van der Waals surface area contributed by atoms with Gasteiger partial charge in [0, 0.05) is 36.3 Å². The fraction of sp³-hybridized carbons (Fsp3) is 0.318. The molecule has 2 aromatic carbocycles. The predicted molar refractivity (Wildman–Crippen MR) is 113 cm³/mol. The van der Waals surface area contributed by atoms with Gasteiger partial charge in [-0.05, 0) is 42.8 Å². The summed E-state index contributed by atoms with van der Waals surface area (Å²) in [6, 6.07) is 13.4. The van der Waals surface area contributed by atoms with Crippen molar-refractivity contribution < 1.29 is 9.53 Å². The van der Waals surface area contributed by atoms with E-state index in [1.807, 2.05) is 37.3 Å². The number of hydrogen-bond donors (Lipinski definition) is 1. The predicted octanol–water partition coefficient (Wildman–Crippen LogP) is 2.57. The van der Waals surface area contributed by atoms with Crippen LogP contribution in [0.15, 0.2) is 53.5 Å². The summed E-state index contributed by atoms with van der Waals surface area (Å²) < 4.78 is 7.10. The van der Waals surface area contributed by atoms with Gasteiger partial charge in [-0.25, -0.2) is 0 Å². The lowest BCUT2D eigenvalue weighted by atomic mass is 10.1. The summed E-state index contributed by atoms with van der Waals surface area (Å²) in [6.07, 6.45) is 1.57. The number of para-hydroxylation sites is 1. The number of ether oxygens (including phenoxy) is 1. The Morgan fingerprint density at radius 3 is 2.76 bits per heavy atom. The maximum absolute atomic E-state index is 12.5. The molecule has 2 heterocycles. The number of rotatable bonds is 5. The average Bonchev–Trinajstić information content (AvgIpc) is 2.75. The number of anilines is 2. The number of aromatic nitrogens is 2. The van der Waals surface area contributed by atoms with Gasteiger partial charge in [-0.1, -0.05) is 12.1 Å². The summed E-state index contributed by atoms with van der Waals surface area (Å²) >= 11 is 0. The van der Waals surface area contributed by atoms with Crippen LogP contribution in [0.25, 0.3) is 10.9 Å². The minimum atomic E-state index is -0.114. The third kappa shape index (κ3) is 4.30. The monoisotopic (exact) mass is 392 g/mol. The molecular weight excluding hydrogens is 368 g/mol. The lowest BCUT2D eigenvalue weighted by Crippen LogP contribution is -2.36. The SMILES string of the molecule is Cc1cc(N2CCOCC2)ccc1NC(=O)CCn1ncc(=O)c2ccccc21. The minimum absolute atomic E-state index is 0.0863. The molecule has 1 N–H and O–H groups in total. The zero-order valence-electron chi connectivity index (χ0n) is 16.4. The van der Waals surface area contributed by atoms with Crippen molar-refractivity contribution in [1.29, 1.82) is 0 Å². The Hall–Kier alpha value is -3.19. The van der Waals surface area contributed by atoms with Gasteiger partial charge in [-0.2, -0.15) is 5.10 Å². The molecule has 1 aromatic heterocycles. The zero-order valence-corrected chi connectivity index (χ0v) is 16.4. The molecule has 29 heavy (non-hydrogen) atoms. The van der Waals surface area contributed by atoms with Gasteiger partial charge in [-0.3, -0.25) is 14.3 Å². The van der Waals surface area contributed by atoms with Gasteiger partial charge in [0.1, 0.15) is 0 Å². The van der Waals surface area contributed by atoms with E-state index in [9.17, 15) is 9.59 Å². The zero-order chi connectivity index (χ0) is 20.2. The topological polar surface area (TPSA) is 76.5 Å². The van der Waals surface area contributed by atoms with Gasteiger partial charge in [0.15, 0.2) is 0 Å². The summed E-state index contributed by atoms with van der Waals surface area (Å²) in [7, 11) is 0. The van der Waals surface area contributed by atoms with Crippen LogP contribution in [-0.2, 0) is 16.1 Å². The average molecular weight is 392 g/mol. The first-order valence-corrected chi connectivity index (χ1v) is 9.80. The third-order valence-corrected chi connectivity index (χ3v) is 5.17. The Bertz CT molecular complexity index is 1090. The number of hydrogen-bond acceptors (Lipinski definition) is 5. The highest BCUT2D eigenvalue weighted by Gasteiger charge is 2.13. The van der Waals surface area contributed by atoms with Crippen molar-refractivity contribution in [2.24, 2.45) is 0 Å². The Labute approximate surface area is 168 Å². The molecule has 150 valence electrons. The number of benzene rings is 2. The number of amides is 1. The van der Waals surface area contributed by atoms with Gasteiger partial charge in [0.25, 0.3) is 0 Å². The highest BCUT2D eigenvalue weighted by molar-refractivity contribution is 5.91. The van der Waals surface area contributed by atoms with Crippen molar-refractivity contribution in [3.8, 4) is 0 Å². The Morgan fingerprint density at radius 2 is 1.97 bits per heavy atom. The molecule has 1 amide bonds. The molecule has 4 rings (SSSR count). The van der Waals surface area contributed by atoms with Crippen molar-refractivity contribution in [2.45, 2.75) is 19.9 Å². The fourth-order valence-electron chi connectivity index (χ4n) is 3.57. The standard InChI is InChI=1S/C22H24N4O3/c1-16-14-17(25-10-12-29-13-11-25)6-7-19(16)24-22(28)8-9-26-20-5-3-2-4-18(20)21(27)15-23-26/h2-7,14-15H,8-13H2,1H3,(H,24,28). The Kier molecular flexibility index (Phi) is 5.57. The quantitative estimate of drug-likeness (QED) is 0.722. The minimum Gasteiger partial charge on any atom is -0.378 e. The first kappa shape index (κ1) is 19.1. The molecular formula is C22H24N4O3. The number of carbonyl (C=O) groups excluding carboxylic acids is 1. The molecule has 0 bridgehead atoms. The van der Waals surface area contributed by atoms with E-state index in [0.717, 1.165) is 48.8 Å². The second-order valence-corrected chi connectivity index (χ2v) is 7.15. The molecule has 0 unspecified atom stereocenters. The van der Waals surface area contributed by atoms with Crippen molar-refractivity contribution in [1.82, 2.24) is 9.78 Å². The molecule has 0 radical (unpaired) electrons. The van der Waals surface area contributed by atoms with E-state index in [1.165, 1.54) is 6.20 Å². The lowest BCUT2D eigenvalue weighted by molar-refractivity contribution is -0.116. The van der Waals surface area contributed by atoms with Crippen LogP contribution in [0.2, 0.25) is 0 Å². The molecule has 0 atom stereocenters. The normalized spacial score (nSPS) is 14.2. The van der Waals surface area contributed by atoms with Gasteiger partial charge >= 0.3 is 0 Å². The Balaban J connectivity index is 1.41. The smallest absolute Gasteiger partial charge is 0.226 e. The molecule has 3 aromatic rings. The Morgan fingerprint density at radius 1 is 1.17 bits per heavy atom. The highest BCUT2D eigenvalue weighted by atomic mass is 16.5. The second kappa shape index (κ2) is 8.45. The summed E-state index contributed by atoms with van der Waals surface area (Å²) in [6.45, 7) is 5.64. The molecule has 7 nitrogen and oxygen atoms in total. The maximum Gasteiger partial charge on any atom is 0.226 e. The molecule has 0 spiro atoms. The van der Waals surface area contributed by atoms with E-state index in [4.69, 9.17) is 4.74 Å². The van der Waals surface area contributed by atoms with Crippen LogP contribution >= 0.6 is 0 Å². The van der Waals surface area contributed by atoms with Crippen molar-refractivity contribution in [3.63, 3.8) is 0 Å². The molecule has 1 aliphatic heterocycles. The summed E-state index contributed by atoms with van der Waals surface area (Å²) in [5.74, 6) is -0.0863. The molecule has 1 saturated heterocycles. The highest BCUT2D eigenvalue weighted by Crippen LogP contribution is 2.23. The molecule has 0 aliphatic carbocycles. The van der Waals surface area contributed by atoms with Crippen molar-refractivity contribution in [3.05, 3.63) is 64.4 Å². The van der Waals surface area contributed by atoms with Gasteiger partial charge in [0.05, 0.1) is 31.5 Å². The van der Waals surface area contributed by atoms with E-state index in [1.54, 1.807) is 10.7 Å². The number of morpholine rings is 1. The number of nitrogens with zero attached hydrogens (tertiary/aromatic N) is 3. The van der Waals surface area contributed by atoms with E-state index in [-0.39, 0.29) is 17.8 Å². The van der Waals surface area contributed by atoms with Crippen LogP contribution in [0.1, 0.15) is 12.0 Å². The van der Waals surface area contributed by atoms with Crippen LogP contribution in [-0.4, -0.2) is 42.0 Å². The summed E-state index contributed by atoms with van der Waals surface area (Å²) in [5, 5.41) is 7.77. The fourth-order valence-corrected chi connectivity index (χ4v) is 3.57. The number of carbonyl (C=O) groups is 1. The van der Waals surface area contributed by atoms with Gasteiger partial charge in [0.2, 0.25) is 11.3 Å². The number of nitrogens with one attached hydrogen (secondary N) is 1. The molecule has 0 saturated carbocycles. The largest absolute Gasteiger partial charge is 0.378 e. The van der Waals surface area contributed by atoms with Gasteiger partial charge in [-0.15, -0.1) is 0 Å². The van der Waals surface area contributed by atoms with Crippen LogP contribution in [0.4, 0.5) is 11.4 Å². The first-order valence-electron chi connectivity index (χ1n) is 9.80. The van der Waals surface area contributed by atoms with Gasteiger partial charge < -0.3 is 15.0 Å². The summed E-state index contributed by atoms with van der Waals surface area (Å²) in [5.41, 5.74) is 3.60. The lowest BCUT2D eigenvalue weighted by Gasteiger charge is -2.29.